The Morgan fingerprint density at radius 3 is 2.72 bits per heavy atom. The van der Waals surface area contributed by atoms with Crippen LogP contribution in [0.1, 0.15) is 51.8 Å². The minimum absolute atomic E-state index is 0.00626. The molecule has 0 bridgehead atoms. The highest BCUT2D eigenvalue weighted by molar-refractivity contribution is 6.30. The van der Waals surface area contributed by atoms with Crippen molar-refractivity contribution in [1.29, 1.82) is 0 Å². The van der Waals surface area contributed by atoms with Crippen LogP contribution in [0.5, 0.6) is 0 Å². The van der Waals surface area contributed by atoms with E-state index in [1.165, 1.54) is 24.3 Å². The van der Waals surface area contributed by atoms with Crippen LogP contribution in [-0.4, -0.2) is 34.4 Å². The van der Waals surface area contributed by atoms with Gasteiger partial charge in [0.25, 0.3) is 5.91 Å². The number of halogens is 3. The van der Waals surface area contributed by atoms with E-state index in [-0.39, 0.29) is 33.6 Å². The SMILES string of the molecule is [2H]C1C[C@@]([2H])(N2Cc3cc(C([2H])([2H])CC(=O)C(F)(F)c4ccc(Cl)cc4)ccc3C2=O)C(=O)N([2H])C1=O. The third-order valence-corrected chi connectivity index (χ3v) is 5.43. The van der Waals surface area contributed by atoms with Crippen molar-refractivity contribution >= 4 is 35.1 Å². The summed E-state index contributed by atoms with van der Waals surface area (Å²) in [6, 6.07) is 5.46. The Balaban J connectivity index is 1.58. The van der Waals surface area contributed by atoms with Gasteiger partial charge in [0.2, 0.25) is 17.6 Å². The first-order valence-electron chi connectivity index (χ1n) is 12.0. The Hall–Kier alpha value is -3.13. The lowest BCUT2D eigenvalue weighted by Gasteiger charge is -2.29. The van der Waals surface area contributed by atoms with Crippen molar-refractivity contribution < 1.29 is 34.9 Å². The number of aryl methyl sites for hydroxylation is 1. The van der Waals surface area contributed by atoms with E-state index in [4.69, 9.17) is 18.5 Å². The maximum Gasteiger partial charge on any atom is 0.330 e. The molecule has 6 nitrogen and oxygen atoms in total. The van der Waals surface area contributed by atoms with Crippen LogP contribution >= 0.6 is 11.6 Å². The number of amides is 3. The number of imide groups is 1. The summed E-state index contributed by atoms with van der Waals surface area (Å²) in [6.45, 7) is -0.378. The van der Waals surface area contributed by atoms with Crippen LogP contribution in [0.4, 0.5) is 8.78 Å². The van der Waals surface area contributed by atoms with Gasteiger partial charge in [0.15, 0.2) is 1.41 Å². The van der Waals surface area contributed by atoms with Crippen molar-refractivity contribution in [3.05, 3.63) is 69.7 Å². The van der Waals surface area contributed by atoms with E-state index < -0.39 is 66.6 Å². The molecule has 1 N–H and O–H groups in total. The average Bonchev–Trinajstić information content (AvgIpc) is 3.18. The van der Waals surface area contributed by atoms with Gasteiger partial charge >= 0.3 is 5.92 Å². The molecule has 2 aliphatic rings. The van der Waals surface area contributed by atoms with Crippen LogP contribution in [0.3, 0.4) is 0 Å². The minimum Gasteiger partial charge on any atom is -0.322 e. The monoisotopic (exact) mass is 465 g/mol. The van der Waals surface area contributed by atoms with E-state index in [1.807, 2.05) is 0 Å². The van der Waals surface area contributed by atoms with Crippen molar-refractivity contribution in [2.24, 2.45) is 0 Å². The summed E-state index contributed by atoms with van der Waals surface area (Å²) in [5.74, 6) is -8.86. The Bertz CT molecular complexity index is 1330. The van der Waals surface area contributed by atoms with Gasteiger partial charge in [-0.15, -0.1) is 0 Å². The summed E-state index contributed by atoms with van der Waals surface area (Å²) in [4.78, 5) is 50.5. The van der Waals surface area contributed by atoms with E-state index in [1.54, 1.807) is 0 Å². The zero-order valence-electron chi connectivity index (χ0n) is 21.4. The molecule has 2 heterocycles. The number of Topliss-reactive ketones (excluding diaryl/α,β-unsaturated/α-hetero) is 1. The summed E-state index contributed by atoms with van der Waals surface area (Å²) in [7, 11) is 0. The summed E-state index contributed by atoms with van der Waals surface area (Å²) in [5, 5.41) is 0.0785. The van der Waals surface area contributed by atoms with E-state index in [9.17, 15) is 28.0 Å². The van der Waals surface area contributed by atoms with Gasteiger partial charge in [0.1, 0.15) is 6.02 Å². The zero-order chi connectivity index (χ0) is 27.5. The molecule has 32 heavy (non-hydrogen) atoms. The Labute approximate surface area is 194 Å². The van der Waals surface area contributed by atoms with Crippen LogP contribution in [0.2, 0.25) is 6.43 Å². The highest BCUT2D eigenvalue weighted by atomic mass is 35.5. The second-order valence-corrected chi connectivity index (χ2v) is 7.67. The molecule has 2 atom stereocenters. The molecule has 1 saturated heterocycles. The van der Waals surface area contributed by atoms with Crippen LogP contribution in [0, 0.1) is 0 Å². The van der Waals surface area contributed by atoms with Gasteiger partial charge < -0.3 is 4.90 Å². The second-order valence-electron chi connectivity index (χ2n) is 7.23. The average molecular weight is 466 g/mol. The highest BCUT2D eigenvalue weighted by Crippen LogP contribution is 2.32. The van der Waals surface area contributed by atoms with Crippen molar-refractivity contribution in [3.63, 3.8) is 0 Å². The molecule has 0 radical (unpaired) electrons. The number of hydrogen-bond acceptors (Lipinski definition) is 4. The molecule has 166 valence electrons. The topological polar surface area (TPSA) is 83.6 Å². The van der Waals surface area contributed by atoms with E-state index in [0.29, 0.717) is 0 Å². The van der Waals surface area contributed by atoms with Gasteiger partial charge in [0.05, 0.1) is 1.37 Å². The number of ketones is 1. The number of benzene rings is 2. The quantitative estimate of drug-likeness (QED) is 0.663. The van der Waals surface area contributed by atoms with E-state index in [0.717, 1.165) is 23.1 Å². The lowest BCUT2D eigenvalue weighted by Crippen LogP contribution is -2.52. The molecule has 2 aromatic rings. The predicted molar refractivity (Wildman–Crippen MR) is 111 cm³/mol. The fourth-order valence-electron chi connectivity index (χ4n) is 3.47. The number of nitrogens with zero attached hydrogens (tertiary/aromatic N) is 1. The number of rotatable bonds is 6. The lowest BCUT2D eigenvalue weighted by molar-refractivity contribution is -0.144. The number of fused-ring (bicyclic) bond motifs is 1. The second kappa shape index (κ2) is 8.43. The van der Waals surface area contributed by atoms with Gasteiger partial charge in [-0.2, -0.15) is 8.78 Å². The summed E-state index contributed by atoms with van der Waals surface area (Å²) in [6.07, 6.45) is -6.01. The fourth-order valence-corrected chi connectivity index (χ4v) is 3.60. The Kier molecular flexibility index (Phi) is 4.34. The van der Waals surface area contributed by atoms with Crippen LogP contribution < -0.4 is 5.31 Å². The van der Waals surface area contributed by atoms with Gasteiger partial charge in [-0.1, -0.05) is 35.9 Å². The number of carbonyl (C=O) groups excluding carboxylic acids is 4. The Morgan fingerprint density at radius 1 is 1.28 bits per heavy atom. The molecular weight excluding hydrogens is 442 g/mol. The minimum atomic E-state index is -3.98. The van der Waals surface area contributed by atoms with Gasteiger partial charge in [-0.05, 0) is 42.1 Å². The molecule has 0 spiro atoms. The molecule has 1 unspecified atom stereocenters. The molecular formula is C23H19ClF2N2O4. The maximum atomic E-state index is 14.7. The van der Waals surface area contributed by atoms with E-state index in [2.05, 4.69) is 0 Å². The van der Waals surface area contributed by atoms with Crippen LogP contribution in [-0.2, 0) is 33.2 Å². The molecule has 0 saturated carbocycles. The number of carbonyl (C=O) groups is 4. The normalized spacial score (nSPS) is 26.2. The number of piperidine rings is 1. The first-order valence-corrected chi connectivity index (χ1v) is 9.89. The predicted octanol–water partition coefficient (Wildman–Crippen LogP) is 3.39. The van der Waals surface area contributed by atoms with Crippen molar-refractivity contribution in [2.45, 2.75) is 44.1 Å². The lowest BCUT2D eigenvalue weighted by atomic mass is 9.97. The number of hydrogen-bond donors (Lipinski definition) is 1. The molecule has 1 fully saturated rings. The smallest absolute Gasteiger partial charge is 0.322 e. The third kappa shape index (κ3) is 4.14. The van der Waals surface area contributed by atoms with Crippen molar-refractivity contribution in [3.8, 4) is 0 Å². The third-order valence-electron chi connectivity index (χ3n) is 5.17. The first-order chi connectivity index (χ1) is 17.1. The Morgan fingerprint density at radius 2 is 2.00 bits per heavy atom. The first kappa shape index (κ1) is 16.5. The highest BCUT2D eigenvalue weighted by Gasteiger charge is 2.41. The van der Waals surface area contributed by atoms with Crippen molar-refractivity contribution in [2.75, 3.05) is 0 Å². The molecule has 3 amide bonds. The fraction of sp³-hybridized carbons (Fsp3) is 0.304. The molecule has 0 aromatic heterocycles. The summed E-state index contributed by atoms with van der Waals surface area (Å²) >= 11 is 5.70. The molecule has 9 heteroatoms. The van der Waals surface area contributed by atoms with Crippen LogP contribution in [0.15, 0.2) is 42.5 Å². The molecule has 4 rings (SSSR count). The number of nitrogens with one attached hydrogen (secondary N) is 1. The zero-order valence-corrected chi connectivity index (χ0v) is 17.2. The van der Waals surface area contributed by atoms with Gasteiger partial charge in [-0.25, -0.2) is 0 Å². The molecule has 2 aromatic carbocycles. The standard InChI is InChI=1S/C23H19ClF2N2O4/c24-16-5-3-15(4-6-16)23(25,26)19(29)9-2-13-1-7-17-14(11-13)12-28(22(17)32)18-8-10-20(30)27-21(18)31/h1,3-7,11,18H,2,8-10,12H2,(H,27,30,31)/t18-/m1/s1/i2D2,10D,18D/hD/t10?,18-. The largest absolute Gasteiger partial charge is 0.330 e. The number of alkyl halides is 2. The molecule has 0 aliphatic carbocycles. The summed E-state index contributed by atoms with van der Waals surface area (Å²) in [5.41, 5.74) is -0.643. The van der Waals surface area contributed by atoms with Gasteiger partial charge in [-0.3, -0.25) is 24.5 Å². The molecule has 2 aliphatic heterocycles. The summed E-state index contributed by atoms with van der Waals surface area (Å²) < 4.78 is 69.9. The van der Waals surface area contributed by atoms with Crippen LogP contribution in [0.25, 0.3) is 0 Å². The van der Waals surface area contributed by atoms with Gasteiger partial charge in [0, 0.05) is 39.6 Å². The van der Waals surface area contributed by atoms with E-state index >= 15 is 0 Å². The van der Waals surface area contributed by atoms with Crippen molar-refractivity contribution in [1.82, 2.24) is 10.2 Å². The maximum absolute atomic E-state index is 14.7.